The molecule has 1 heterocycles. The van der Waals surface area contributed by atoms with Crippen LogP contribution in [0.5, 0.6) is 0 Å². The molecule has 1 rings (SSSR count). The first-order chi connectivity index (χ1) is 9.62. The molecule has 0 unspecified atom stereocenters. The van der Waals surface area contributed by atoms with Crippen molar-refractivity contribution in [1.82, 2.24) is 9.80 Å². The zero-order valence-electron chi connectivity index (χ0n) is 13.3. The first-order valence-electron chi connectivity index (χ1n) is 7.87. The van der Waals surface area contributed by atoms with Gasteiger partial charge in [0.15, 0.2) is 0 Å². The molecule has 0 aromatic rings. The van der Waals surface area contributed by atoms with Gasteiger partial charge in [0, 0.05) is 39.0 Å². The summed E-state index contributed by atoms with van der Waals surface area (Å²) in [5.41, 5.74) is 5.65. The largest absolute Gasteiger partial charge is 0.343 e. The lowest BCUT2D eigenvalue weighted by Crippen LogP contribution is -2.40. The molecule has 2 amide bonds. The Morgan fingerprint density at radius 3 is 2.19 bits per heavy atom. The SMILES string of the molecule is CCN(CC)C(=O)CCCC(=O)N1CCC(CN)CC1.Cl. The van der Waals surface area contributed by atoms with E-state index in [1.54, 1.807) is 0 Å². The Morgan fingerprint density at radius 2 is 1.71 bits per heavy atom. The third kappa shape index (κ3) is 6.66. The molecule has 0 atom stereocenters. The number of piperidine rings is 1. The number of amides is 2. The smallest absolute Gasteiger partial charge is 0.222 e. The van der Waals surface area contributed by atoms with Gasteiger partial charge in [0.2, 0.25) is 11.8 Å². The van der Waals surface area contributed by atoms with Crippen molar-refractivity contribution in [2.75, 3.05) is 32.7 Å². The molecule has 5 nitrogen and oxygen atoms in total. The Labute approximate surface area is 134 Å². The van der Waals surface area contributed by atoms with Crippen LogP contribution in [0.1, 0.15) is 46.0 Å². The number of nitrogens with two attached hydrogens (primary N) is 1. The van der Waals surface area contributed by atoms with Crippen LogP contribution < -0.4 is 5.73 Å². The van der Waals surface area contributed by atoms with Crippen molar-refractivity contribution >= 4 is 24.2 Å². The van der Waals surface area contributed by atoms with Crippen molar-refractivity contribution in [3.8, 4) is 0 Å². The molecular formula is C15H30ClN3O2. The molecule has 0 aliphatic carbocycles. The van der Waals surface area contributed by atoms with Gasteiger partial charge in [0.1, 0.15) is 0 Å². The van der Waals surface area contributed by atoms with Gasteiger partial charge >= 0.3 is 0 Å². The fraction of sp³-hybridized carbons (Fsp3) is 0.867. The van der Waals surface area contributed by atoms with E-state index in [0.717, 1.165) is 45.6 Å². The second-order valence-electron chi connectivity index (χ2n) is 5.48. The summed E-state index contributed by atoms with van der Waals surface area (Å²) in [5.74, 6) is 0.917. The molecule has 0 aromatic carbocycles. The molecule has 124 valence electrons. The van der Waals surface area contributed by atoms with Gasteiger partial charge in [-0.3, -0.25) is 9.59 Å². The molecule has 0 spiro atoms. The summed E-state index contributed by atoms with van der Waals surface area (Å²) in [5, 5.41) is 0. The lowest BCUT2D eigenvalue weighted by Gasteiger charge is -2.31. The number of hydrogen-bond donors (Lipinski definition) is 1. The van der Waals surface area contributed by atoms with Crippen LogP contribution in [0.2, 0.25) is 0 Å². The van der Waals surface area contributed by atoms with Crippen LogP contribution in [0.4, 0.5) is 0 Å². The number of rotatable bonds is 7. The van der Waals surface area contributed by atoms with Crippen molar-refractivity contribution < 1.29 is 9.59 Å². The Hall–Kier alpha value is -0.810. The minimum absolute atomic E-state index is 0. The monoisotopic (exact) mass is 319 g/mol. The third-order valence-corrected chi connectivity index (χ3v) is 4.20. The highest BCUT2D eigenvalue weighted by Gasteiger charge is 2.21. The summed E-state index contributed by atoms with van der Waals surface area (Å²) < 4.78 is 0. The molecule has 0 aromatic heterocycles. The standard InChI is InChI=1S/C15H29N3O2.ClH/c1-3-17(4-2)14(19)6-5-7-15(20)18-10-8-13(12-16)9-11-18;/h13H,3-12,16H2,1-2H3;1H. The van der Waals surface area contributed by atoms with Crippen molar-refractivity contribution in [2.24, 2.45) is 11.7 Å². The van der Waals surface area contributed by atoms with Crippen LogP contribution >= 0.6 is 12.4 Å². The van der Waals surface area contributed by atoms with Crippen LogP contribution in [-0.2, 0) is 9.59 Å². The van der Waals surface area contributed by atoms with Gasteiger partial charge in [0.05, 0.1) is 0 Å². The fourth-order valence-corrected chi connectivity index (χ4v) is 2.70. The summed E-state index contributed by atoms with van der Waals surface area (Å²) in [4.78, 5) is 27.6. The summed E-state index contributed by atoms with van der Waals surface area (Å²) in [7, 11) is 0. The maximum absolute atomic E-state index is 12.1. The number of halogens is 1. The summed E-state index contributed by atoms with van der Waals surface area (Å²) in [6, 6.07) is 0. The predicted molar refractivity (Wildman–Crippen MR) is 87.4 cm³/mol. The Morgan fingerprint density at radius 1 is 1.14 bits per heavy atom. The van der Waals surface area contributed by atoms with E-state index in [-0.39, 0.29) is 24.2 Å². The Bertz CT molecular complexity index is 314. The van der Waals surface area contributed by atoms with E-state index >= 15 is 0 Å². The lowest BCUT2D eigenvalue weighted by atomic mass is 9.97. The van der Waals surface area contributed by atoms with Gasteiger partial charge in [-0.15, -0.1) is 12.4 Å². The average Bonchev–Trinajstić information content (AvgIpc) is 2.48. The van der Waals surface area contributed by atoms with Crippen LogP contribution in [0.15, 0.2) is 0 Å². The molecule has 1 fully saturated rings. The van der Waals surface area contributed by atoms with Gasteiger partial charge < -0.3 is 15.5 Å². The summed E-state index contributed by atoms with van der Waals surface area (Å²) in [6.07, 6.45) is 3.65. The molecule has 2 N–H and O–H groups in total. The number of likely N-dealkylation sites (tertiary alicyclic amines) is 1. The molecular weight excluding hydrogens is 290 g/mol. The normalized spacial score (nSPS) is 15.5. The first kappa shape index (κ1) is 20.2. The topological polar surface area (TPSA) is 66.6 Å². The molecule has 21 heavy (non-hydrogen) atoms. The predicted octanol–water partition coefficient (Wildman–Crippen LogP) is 1.64. The van der Waals surface area contributed by atoms with Gasteiger partial charge in [-0.05, 0) is 45.6 Å². The van der Waals surface area contributed by atoms with Crippen LogP contribution in [-0.4, -0.2) is 54.3 Å². The minimum atomic E-state index is 0. The molecule has 1 aliphatic heterocycles. The van der Waals surface area contributed by atoms with E-state index in [1.807, 2.05) is 23.6 Å². The van der Waals surface area contributed by atoms with E-state index < -0.39 is 0 Å². The van der Waals surface area contributed by atoms with Crippen molar-refractivity contribution in [2.45, 2.75) is 46.0 Å². The lowest BCUT2D eigenvalue weighted by molar-refractivity contribution is -0.133. The zero-order chi connectivity index (χ0) is 15.0. The van der Waals surface area contributed by atoms with Crippen molar-refractivity contribution in [3.05, 3.63) is 0 Å². The Kier molecular flexibility index (Phi) is 10.4. The minimum Gasteiger partial charge on any atom is -0.343 e. The molecule has 1 saturated heterocycles. The van der Waals surface area contributed by atoms with E-state index in [0.29, 0.717) is 25.2 Å². The molecule has 0 radical (unpaired) electrons. The first-order valence-corrected chi connectivity index (χ1v) is 7.87. The molecule has 1 aliphatic rings. The van der Waals surface area contributed by atoms with Crippen LogP contribution in [0.3, 0.4) is 0 Å². The highest BCUT2D eigenvalue weighted by molar-refractivity contribution is 5.85. The van der Waals surface area contributed by atoms with Crippen molar-refractivity contribution in [3.63, 3.8) is 0 Å². The molecule has 0 bridgehead atoms. The van der Waals surface area contributed by atoms with E-state index in [2.05, 4.69) is 0 Å². The number of hydrogen-bond acceptors (Lipinski definition) is 3. The number of carbonyl (C=O) groups excluding carboxylic acids is 2. The second kappa shape index (κ2) is 10.9. The highest BCUT2D eigenvalue weighted by Crippen LogP contribution is 2.17. The van der Waals surface area contributed by atoms with Gasteiger partial charge in [-0.25, -0.2) is 0 Å². The fourth-order valence-electron chi connectivity index (χ4n) is 2.70. The van der Waals surface area contributed by atoms with E-state index in [1.165, 1.54) is 0 Å². The van der Waals surface area contributed by atoms with Crippen LogP contribution in [0.25, 0.3) is 0 Å². The second-order valence-corrected chi connectivity index (χ2v) is 5.48. The van der Waals surface area contributed by atoms with Crippen molar-refractivity contribution in [1.29, 1.82) is 0 Å². The molecule has 0 saturated carbocycles. The zero-order valence-corrected chi connectivity index (χ0v) is 14.2. The quantitative estimate of drug-likeness (QED) is 0.776. The van der Waals surface area contributed by atoms with Gasteiger partial charge in [-0.1, -0.05) is 0 Å². The van der Waals surface area contributed by atoms with E-state index in [4.69, 9.17) is 5.73 Å². The number of carbonyl (C=O) groups is 2. The van der Waals surface area contributed by atoms with Gasteiger partial charge in [-0.2, -0.15) is 0 Å². The maximum Gasteiger partial charge on any atom is 0.222 e. The maximum atomic E-state index is 12.1. The third-order valence-electron chi connectivity index (χ3n) is 4.20. The average molecular weight is 320 g/mol. The highest BCUT2D eigenvalue weighted by atomic mass is 35.5. The van der Waals surface area contributed by atoms with E-state index in [9.17, 15) is 9.59 Å². The summed E-state index contributed by atoms with van der Waals surface area (Å²) >= 11 is 0. The summed E-state index contributed by atoms with van der Waals surface area (Å²) in [6.45, 7) is 7.82. The Balaban J connectivity index is 0.00000400. The molecule has 6 heteroatoms. The van der Waals surface area contributed by atoms with Gasteiger partial charge in [0.25, 0.3) is 0 Å². The van der Waals surface area contributed by atoms with Crippen LogP contribution in [0, 0.1) is 5.92 Å². The number of nitrogens with zero attached hydrogens (tertiary/aromatic N) is 2.